The van der Waals surface area contributed by atoms with E-state index in [0.717, 1.165) is 0 Å². The number of carbonyl (C=O) groups is 1. The van der Waals surface area contributed by atoms with Gasteiger partial charge in [-0.2, -0.15) is 0 Å². The molecule has 0 fully saturated rings. The van der Waals surface area contributed by atoms with E-state index in [1.165, 1.54) is 5.01 Å². The molecule has 0 unspecified atom stereocenters. The first-order valence-electron chi connectivity index (χ1n) is 4.85. The van der Waals surface area contributed by atoms with Crippen LogP contribution in [0.1, 0.15) is 16.1 Å². The molecule has 6 nitrogen and oxygen atoms in total. The van der Waals surface area contributed by atoms with Crippen molar-refractivity contribution in [3.8, 4) is 5.75 Å². The fourth-order valence-electron chi connectivity index (χ4n) is 1.75. The van der Waals surface area contributed by atoms with Crippen molar-refractivity contribution >= 4 is 5.91 Å². The van der Waals surface area contributed by atoms with Gasteiger partial charge >= 0.3 is 0 Å². The summed E-state index contributed by atoms with van der Waals surface area (Å²) in [4.78, 5) is 23.4. The largest absolute Gasteiger partial charge is 0.503 e. The first-order chi connectivity index (χ1) is 7.43. The Bertz CT molecular complexity index is 521. The van der Waals surface area contributed by atoms with Crippen molar-refractivity contribution in [1.29, 1.82) is 0 Å². The Morgan fingerprint density at radius 1 is 1.31 bits per heavy atom. The molecular weight excluding hydrogens is 210 g/mol. The maximum atomic E-state index is 11.9. The smallest absolute Gasteiger partial charge is 0.288 e. The van der Waals surface area contributed by atoms with E-state index >= 15 is 0 Å². The molecule has 1 aliphatic rings. The average Bonchev–Trinajstić information content (AvgIpc) is 2.23. The number of fused-ring (bicyclic) bond motifs is 1. The zero-order chi connectivity index (χ0) is 12.0. The maximum absolute atomic E-state index is 11.9. The molecule has 6 heteroatoms. The number of hydrogen-bond donors (Lipinski definition) is 1. The van der Waals surface area contributed by atoms with Crippen LogP contribution in [0.3, 0.4) is 0 Å². The van der Waals surface area contributed by atoms with Gasteiger partial charge in [0.2, 0.25) is 5.43 Å². The van der Waals surface area contributed by atoms with Crippen LogP contribution in [0.4, 0.5) is 0 Å². The number of aryl methyl sites for hydroxylation is 1. The van der Waals surface area contributed by atoms with E-state index < -0.39 is 11.2 Å². The Labute approximate surface area is 92.3 Å². The van der Waals surface area contributed by atoms with Crippen molar-refractivity contribution in [2.24, 2.45) is 0 Å². The summed E-state index contributed by atoms with van der Waals surface area (Å²) < 4.78 is 1.58. The van der Waals surface area contributed by atoms with Crippen molar-refractivity contribution in [3.63, 3.8) is 0 Å². The third-order valence-corrected chi connectivity index (χ3v) is 2.80. The standard InChI is InChI=1S/C10H13N3O3/c1-6-4-13-5-11(2)12(3)10(16)7(13)9(15)8(6)14/h4,15H,5H2,1-3H3. The fourth-order valence-corrected chi connectivity index (χ4v) is 1.75. The van der Waals surface area contributed by atoms with Crippen LogP contribution in [0.25, 0.3) is 0 Å². The molecule has 2 rings (SSSR count). The maximum Gasteiger partial charge on any atom is 0.288 e. The highest BCUT2D eigenvalue weighted by Crippen LogP contribution is 2.20. The summed E-state index contributed by atoms with van der Waals surface area (Å²) in [7, 11) is 3.35. The Balaban J connectivity index is 2.72. The summed E-state index contributed by atoms with van der Waals surface area (Å²) in [6.45, 7) is 2.03. The van der Waals surface area contributed by atoms with Crippen LogP contribution in [0.15, 0.2) is 11.0 Å². The first kappa shape index (κ1) is 10.7. The summed E-state index contributed by atoms with van der Waals surface area (Å²) in [6.07, 6.45) is 1.58. The van der Waals surface area contributed by atoms with Gasteiger partial charge in [0.1, 0.15) is 0 Å². The van der Waals surface area contributed by atoms with Crippen LogP contribution in [0.2, 0.25) is 0 Å². The molecule has 1 N–H and O–H groups in total. The zero-order valence-corrected chi connectivity index (χ0v) is 9.39. The minimum Gasteiger partial charge on any atom is -0.503 e. The minimum atomic E-state index is -0.488. The van der Waals surface area contributed by atoms with Gasteiger partial charge in [0.05, 0.1) is 6.67 Å². The van der Waals surface area contributed by atoms with Gasteiger partial charge in [-0.15, -0.1) is 0 Å². The normalized spacial score (nSPS) is 16.4. The third-order valence-electron chi connectivity index (χ3n) is 2.80. The lowest BCUT2D eigenvalue weighted by Crippen LogP contribution is -2.48. The molecule has 0 atom stereocenters. The quantitative estimate of drug-likeness (QED) is 0.658. The zero-order valence-electron chi connectivity index (χ0n) is 9.39. The number of carbonyl (C=O) groups excluding carboxylic acids is 1. The number of hydrogen-bond acceptors (Lipinski definition) is 4. The van der Waals surface area contributed by atoms with E-state index in [4.69, 9.17) is 0 Å². The number of pyridine rings is 1. The topological polar surface area (TPSA) is 65.8 Å². The molecule has 1 aromatic heterocycles. The second-order valence-electron chi connectivity index (χ2n) is 3.94. The number of aromatic nitrogens is 1. The average molecular weight is 223 g/mol. The molecule has 0 radical (unpaired) electrons. The molecule has 0 spiro atoms. The van der Waals surface area contributed by atoms with E-state index in [9.17, 15) is 14.7 Å². The highest BCUT2D eigenvalue weighted by molar-refractivity contribution is 5.95. The van der Waals surface area contributed by atoms with Crippen LogP contribution in [0.5, 0.6) is 5.75 Å². The van der Waals surface area contributed by atoms with Gasteiger partial charge < -0.3 is 9.67 Å². The molecule has 1 aromatic rings. The summed E-state index contributed by atoms with van der Waals surface area (Å²) in [5.74, 6) is -0.853. The molecule has 0 aromatic carbocycles. The fraction of sp³-hybridized carbons (Fsp3) is 0.400. The molecular formula is C10H13N3O3. The van der Waals surface area contributed by atoms with E-state index in [2.05, 4.69) is 0 Å². The second kappa shape index (κ2) is 3.34. The van der Waals surface area contributed by atoms with Crippen LogP contribution in [-0.4, -0.2) is 39.7 Å². The van der Waals surface area contributed by atoms with Gasteiger partial charge in [0.25, 0.3) is 5.91 Å². The van der Waals surface area contributed by atoms with Crippen molar-refractivity contribution in [1.82, 2.24) is 14.6 Å². The van der Waals surface area contributed by atoms with E-state index in [1.807, 2.05) is 0 Å². The molecule has 1 aliphatic heterocycles. The van der Waals surface area contributed by atoms with Crippen LogP contribution >= 0.6 is 0 Å². The Kier molecular flexibility index (Phi) is 2.23. The van der Waals surface area contributed by atoms with Crippen LogP contribution in [0, 0.1) is 6.92 Å². The second-order valence-corrected chi connectivity index (χ2v) is 3.94. The van der Waals surface area contributed by atoms with Gasteiger partial charge in [-0.1, -0.05) is 0 Å². The molecule has 86 valence electrons. The Hall–Kier alpha value is -1.82. The molecule has 2 heterocycles. The number of rotatable bonds is 0. The van der Waals surface area contributed by atoms with Gasteiger partial charge in [-0.3, -0.25) is 14.6 Å². The minimum absolute atomic E-state index is 0.0520. The van der Waals surface area contributed by atoms with Crippen molar-refractivity contribution in [2.75, 3.05) is 14.1 Å². The van der Waals surface area contributed by atoms with Gasteiger partial charge in [0.15, 0.2) is 11.4 Å². The van der Waals surface area contributed by atoms with Crippen molar-refractivity contribution in [3.05, 3.63) is 27.7 Å². The lowest BCUT2D eigenvalue weighted by Gasteiger charge is -2.35. The SMILES string of the molecule is Cc1cn2c(c(O)c1=O)C(=O)N(C)N(C)C2. The predicted octanol–water partition coefficient (Wildman–Crippen LogP) is -0.248. The summed E-state index contributed by atoms with van der Waals surface area (Å²) >= 11 is 0. The van der Waals surface area contributed by atoms with E-state index in [1.54, 1.807) is 36.8 Å². The predicted molar refractivity (Wildman–Crippen MR) is 57.0 cm³/mol. The molecule has 1 amide bonds. The van der Waals surface area contributed by atoms with E-state index in [-0.39, 0.29) is 11.6 Å². The Morgan fingerprint density at radius 2 is 1.94 bits per heavy atom. The summed E-state index contributed by atoms with van der Waals surface area (Å²) in [5.41, 5.74) is -0.0132. The molecule has 0 saturated heterocycles. The molecule has 0 saturated carbocycles. The Morgan fingerprint density at radius 3 is 2.56 bits per heavy atom. The van der Waals surface area contributed by atoms with Crippen molar-refractivity contribution in [2.45, 2.75) is 13.6 Å². The number of aromatic hydroxyl groups is 1. The monoisotopic (exact) mass is 223 g/mol. The van der Waals surface area contributed by atoms with Gasteiger partial charge in [0, 0.05) is 25.9 Å². The first-order valence-corrected chi connectivity index (χ1v) is 4.85. The molecule has 16 heavy (non-hydrogen) atoms. The van der Waals surface area contributed by atoms with Crippen LogP contribution < -0.4 is 5.43 Å². The summed E-state index contributed by atoms with van der Waals surface area (Å²) in [6, 6.07) is 0. The van der Waals surface area contributed by atoms with Crippen LogP contribution in [-0.2, 0) is 6.67 Å². The van der Waals surface area contributed by atoms with Crippen molar-refractivity contribution < 1.29 is 9.90 Å². The molecule has 0 aliphatic carbocycles. The highest BCUT2D eigenvalue weighted by Gasteiger charge is 2.29. The summed E-state index contributed by atoms with van der Waals surface area (Å²) in [5, 5.41) is 12.8. The lowest BCUT2D eigenvalue weighted by molar-refractivity contribution is -0.0101. The number of hydrazine groups is 1. The molecule has 0 bridgehead atoms. The van der Waals surface area contributed by atoms with Gasteiger partial charge in [-0.25, -0.2) is 5.01 Å². The number of amides is 1. The van der Waals surface area contributed by atoms with E-state index in [0.29, 0.717) is 12.2 Å². The third kappa shape index (κ3) is 1.30. The highest BCUT2D eigenvalue weighted by atomic mass is 16.3. The number of nitrogens with zero attached hydrogens (tertiary/aromatic N) is 3. The lowest BCUT2D eigenvalue weighted by atomic mass is 10.2. The van der Waals surface area contributed by atoms with Gasteiger partial charge in [-0.05, 0) is 6.92 Å².